The molecule has 2 aromatic rings. The molecule has 0 radical (unpaired) electrons. The van der Waals surface area contributed by atoms with Crippen LogP contribution in [-0.4, -0.2) is 21.1 Å². The largest absolute Gasteiger partial charge is 0.298 e. The molecule has 3 rings (SSSR count). The van der Waals surface area contributed by atoms with Crippen LogP contribution >= 0.6 is 0 Å². The van der Waals surface area contributed by atoms with Gasteiger partial charge in [-0.3, -0.25) is 14.5 Å². The normalized spacial score (nSPS) is 16.0. The third-order valence-corrected chi connectivity index (χ3v) is 4.33. The minimum Gasteiger partial charge on any atom is -0.298 e. The predicted octanol–water partition coefficient (Wildman–Crippen LogP) is 3.83. The Morgan fingerprint density at radius 3 is 2.81 bits per heavy atom. The van der Waals surface area contributed by atoms with E-state index in [-0.39, 0.29) is 0 Å². The van der Waals surface area contributed by atoms with Gasteiger partial charge in [-0.25, -0.2) is 0 Å². The first-order valence-corrected chi connectivity index (χ1v) is 7.82. The number of carbonyl (C=O) groups excluding carboxylic acids is 1. The number of aryl methyl sites for hydroxylation is 1. The number of rotatable bonds is 4. The molecular formula is C17H21N3O. The van der Waals surface area contributed by atoms with E-state index >= 15 is 0 Å². The SMILES string of the molecule is CCc1cccnc1-c1nn(C2CCCCC2)cc1C=O. The quantitative estimate of drug-likeness (QED) is 0.801. The van der Waals surface area contributed by atoms with Crippen molar-refractivity contribution in [2.75, 3.05) is 0 Å². The van der Waals surface area contributed by atoms with E-state index in [2.05, 4.69) is 18.0 Å². The van der Waals surface area contributed by atoms with Gasteiger partial charge in [0.15, 0.2) is 6.29 Å². The molecule has 4 heteroatoms. The summed E-state index contributed by atoms with van der Waals surface area (Å²) in [4.78, 5) is 15.9. The number of hydrogen-bond acceptors (Lipinski definition) is 3. The molecule has 0 amide bonds. The molecule has 110 valence electrons. The fourth-order valence-electron chi connectivity index (χ4n) is 3.15. The third-order valence-electron chi connectivity index (χ3n) is 4.33. The first-order chi connectivity index (χ1) is 10.3. The second-order valence-corrected chi connectivity index (χ2v) is 5.69. The van der Waals surface area contributed by atoms with Gasteiger partial charge in [0.25, 0.3) is 0 Å². The fourth-order valence-corrected chi connectivity index (χ4v) is 3.15. The van der Waals surface area contributed by atoms with Crippen LogP contribution in [0, 0.1) is 0 Å². The summed E-state index contributed by atoms with van der Waals surface area (Å²) in [6, 6.07) is 4.41. The lowest BCUT2D eigenvalue weighted by molar-refractivity contribution is 0.112. The number of aromatic nitrogens is 3. The van der Waals surface area contributed by atoms with Crippen molar-refractivity contribution in [1.82, 2.24) is 14.8 Å². The standard InChI is InChI=1S/C17H21N3O/c1-2-13-7-6-10-18-16(13)17-14(12-21)11-20(19-17)15-8-4-3-5-9-15/h6-7,10-12,15H,2-5,8-9H2,1H3. The number of pyridine rings is 1. The van der Waals surface area contributed by atoms with Gasteiger partial charge >= 0.3 is 0 Å². The van der Waals surface area contributed by atoms with Crippen molar-refractivity contribution in [3.05, 3.63) is 35.7 Å². The highest BCUT2D eigenvalue weighted by Gasteiger charge is 2.20. The summed E-state index contributed by atoms with van der Waals surface area (Å²) in [5.41, 5.74) is 3.35. The van der Waals surface area contributed by atoms with Crippen LogP contribution in [0.25, 0.3) is 11.4 Å². The molecule has 2 heterocycles. The summed E-state index contributed by atoms with van der Waals surface area (Å²) in [6.45, 7) is 2.10. The zero-order valence-corrected chi connectivity index (χ0v) is 12.5. The molecule has 2 aromatic heterocycles. The molecule has 0 N–H and O–H groups in total. The summed E-state index contributed by atoms with van der Waals surface area (Å²) in [5, 5.41) is 4.71. The molecule has 0 spiro atoms. The van der Waals surface area contributed by atoms with Crippen LogP contribution in [0.15, 0.2) is 24.5 Å². The fraction of sp³-hybridized carbons (Fsp3) is 0.471. The second-order valence-electron chi connectivity index (χ2n) is 5.69. The Labute approximate surface area is 125 Å². The highest BCUT2D eigenvalue weighted by Crippen LogP contribution is 2.30. The third kappa shape index (κ3) is 2.75. The van der Waals surface area contributed by atoms with Crippen LogP contribution in [-0.2, 0) is 6.42 Å². The van der Waals surface area contributed by atoms with Crippen LogP contribution in [0.1, 0.15) is 61.0 Å². The van der Waals surface area contributed by atoms with Gasteiger partial charge in [-0.15, -0.1) is 0 Å². The summed E-state index contributed by atoms with van der Waals surface area (Å²) in [6.07, 6.45) is 11.6. The molecule has 0 unspecified atom stereocenters. The molecule has 1 saturated carbocycles. The lowest BCUT2D eigenvalue weighted by atomic mass is 9.96. The van der Waals surface area contributed by atoms with Crippen molar-refractivity contribution >= 4 is 6.29 Å². The van der Waals surface area contributed by atoms with Crippen molar-refractivity contribution < 1.29 is 4.79 Å². The highest BCUT2D eigenvalue weighted by molar-refractivity contribution is 5.85. The van der Waals surface area contributed by atoms with Crippen LogP contribution in [0.3, 0.4) is 0 Å². The molecule has 1 aliphatic carbocycles. The van der Waals surface area contributed by atoms with Crippen molar-refractivity contribution in [1.29, 1.82) is 0 Å². The van der Waals surface area contributed by atoms with E-state index in [0.29, 0.717) is 11.6 Å². The van der Waals surface area contributed by atoms with Gasteiger partial charge in [0.2, 0.25) is 0 Å². The first-order valence-electron chi connectivity index (χ1n) is 7.82. The Kier molecular flexibility index (Phi) is 4.13. The van der Waals surface area contributed by atoms with Crippen LogP contribution in [0.4, 0.5) is 0 Å². The van der Waals surface area contributed by atoms with Gasteiger partial charge in [0.1, 0.15) is 5.69 Å². The monoisotopic (exact) mass is 283 g/mol. The Morgan fingerprint density at radius 2 is 2.10 bits per heavy atom. The summed E-state index contributed by atoms with van der Waals surface area (Å²) in [7, 11) is 0. The van der Waals surface area contributed by atoms with Crippen molar-refractivity contribution in [2.45, 2.75) is 51.5 Å². The maximum atomic E-state index is 11.4. The summed E-state index contributed by atoms with van der Waals surface area (Å²) in [5.74, 6) is 0. The molecule has 0 aliphatic heterocycles. The van der Waals surface area contributed by atoms with Crippen molar-refractivity contribution in [2.24, 2.45) is 0 Å². The van der Waals surface area contributed by atoms with Gasteiger partial charge in [0, 0.05) is 12.4 Å². The number of aldehydes is 1. The van der Waals surface area contributed by atoms with E-state index < -0.39 is 0 Å². The van der Waals surface area contributed by atoms with E-state index in [0.717, 1.165) is 42.5 Å². The summed E-state index contributed by atoms with van der Waals surface area (Å²) < 4.78 is 1.99. The van der Waals surface area contributed by atoms with E-state index in [1.165, 1.54) is 19.3 Å². The van der Waals surface area contributed by atoms with Crippen LogP contribution < -0.4 is 0 Å². The number of nitrogens with zero attached hydrogens (tertiary/aromatic N) is 3. The molecule has 0 bridgehead atoms. The van der Waals surface area contributed by atoms with E-state index in [1.54, 1.807) is 6.20 Å². The van der Waals surface area contributed by atoms with Crippen LogP contribution in [0.5, 0.6) is 0 Å². The van der Waals surface area contributed by atoms with Gasteiger partial charge in [-0.05, 0) is 30.9 Å². The first kappa shape index (κ1) is 14.0. The van der Waals surface area contributed by atoms with Gasteiger partial charge < -0.3 is 0 Å². The maximum absolute atomic E-state index is 11.4. The minimum absolute atomic E-state index is 0.431. The van der Waals surface area contributed by atoms with Gasteiger partial charge in [0.05, 0.1) is 17.3 Å². The van der Waals surface area contributed by atoms with Gasteiger partial charge in [-0.1, -0.05) is 32.3 Å². The average Bonchev–Trinajstić information content (AvgIpc) is 2.99. The Morgan fingerprint density at radius 1 is 1.29 bits per heavy atom. The maximum Gasteiger partial charge on any atom is 0.153 e. The Hall–Kier alpha value is -1.97. The Bertz CT molecular complexity index is 627. The zero-order chi connectivity index (χ0) is 14.7. The lowest BCUT2D eigenvalue weighted by Crippen LogP contribution is -2.13. The molecule has 4 nitrogen and oxygen atoms in total. The van der Waals surface area contributed by atoms with Crippen molar-refractivity contribution in [3.8, 4) is 11.4 Å². The predicted molar refractivity (Wildman–Crippen MR) is 82.3 cm³/mol. The van der Waals surface area contributed by atoms with Crippen molar-refractivity contribution in [3.63, 3.8) is 0 Å². The van der Waals surface area contributed by atoms with E-state index in [1.807, 2.05) is 16.9 Å². The molecule has 1 aliphatic rings. The molecule has 21 heavy (non-hydrogen) atoms. The van der Waals surface area contributed by atoms with E-state index in [4.69, 9.17) is 5.10 Å². The lowest BCUT2D eigenvalue weighted by Gasteiger charge is -2.21. The van der Waals surface area contributed by atoms with Gasteiger partial charge in [-0.2, -0.15) is 5.10 Å². The number of hydrogen-bond donors (Lipinski definition) is 0. The number of carbonyl (C=O) groups is 1. The molecule has 0 atom stereocenters. The highest BCUT2D eigenvalue weighted by atomic mass is 16.1. The Balaban J connectivity index is 2.01. The second kappa shape index (κ2) is 6.20. The molecule has 0 aromatic carbocycles. The average molecular weight is 283 g/mol. The van der Waals surface area contributed by atoms with E-state index in [9.17, 15) is 4.79 Å². The molecule has 0 saturated heterocycles. The molecule has 1 fully saturated rings. The summed E-state index contributed by atoms with van der Waals surface area (Å²) >= 11 is 0. The molecular weight excluding hydrogens is 262 g/mol. The topological polar surface area (TPSA) is 47.8 Å². The minimum atomic E-state index is 0.431. The van der Waals surface area contributed by atoms with Crippen LogP contribution in [0.2, 0.25) is 0 Å². The zero-order valence-electron chi connectivity index (χ0n) is 12.5. The smallest absolute Gasteiger partial charge is 0.153 e.